The van der Waals surface area contributed by atoms with Gasteiger partial charge in [0.1, 0.15) is 10.8 Å². The summed E-state index contributed by atoms with van der Waals surface area (Å²) in [6, 6.07) is 3.77. The van der Waals surface area contributed by atoms with Gasteiger partial charge in [0.25, 0.3) is 5.91 Å². The van der Waals surface area contributed by atoms with Gasteiger partial charge < -0.3 is 15.0 Å². The fourth-order valence-corrected chi connectivity index (χ4v) is 2.65. The van der Waals surface area contributed by atoms with Gasteiger partial charge in [0.05, 0.1) is 18.4 Å². The van der Waals surface area contributed by atoms with Crippen LogP contribution in [0.5, 0.6) is 5.75 Å². The second-order valence-electron chi connectivity index (χ2n) is 3.64. The molecule has 0 aromatic carbocycles. The molecule has 1 aliphatic heterocycles. The van der Waals surface area contributed by atoms with Crippen LogP contribution in [0.3, 0.4) is 0 Å². The Morgan fingerprint density at radius 3 is 3.12 bits per heavy atom. The molecule has 0 radical (unpaired) electrons. The van der Waals surface area contributed by atoms with Crippen molar-refractivity contribution in [2.75, 3.05) is 12.4 Å². The molecule has 86 valence electrons. The number of nitrogens with one attached hydrogen (secondary N) is 2. The van der Waals surface area contributed by atoms with Crippen molar-refractivity contribution in [3.8, 4) is 5.75 Å². The number of ether oxygens (including phenoxy) is 1. The normalized spacial score (nSPS) is 16.1. The molecule has 0 saturated heterocycles. The van der Waals surface area contributed by atoms with E-state index in [-0.39, 0.29) is 5.91 Å². The minimum absolute atomic E-state index is 0.0662. The summed E-state index contributed by atoms with van der Waals surface area (Å²) in [5.74, 6) is 0.664. The van der Waals surface area contributed by atoms with Gasteiger partial charge in [0, 0.05) is 11.8 Å². The highest BCUT2D eigenvalue weighted by Gasteiger charge is 2.25. The first kappa shape index (κ1) is 10.2. The van der Waals surface area contributed by atoms with E-state index in [1.54, 1.807) is 13.3 Å². The molecule has 1 amide bonds. The predicted molar refractivity (Wildman–Crippen MR) is 68.2 cm³/mol. The van der Waals surface area contributed by atoms with Crippen molar-refractivity contribution in [1.82, 2.24) is 4.98 Å². The van der Waals surface area contributed by atoms with Crippen LogP contribution in [0.1, 0.15) is 11.3 Å². The first-order valence-corrected chi connectivity index (χ1v) is 6.00. The van der Waals surface area contributed by atoms with Crippen LogP contribution in [0, 0.1) is 0 Å². The van der Waals surface area contributed by atoms with Gasteiger partial charge in [-0.2, -0.15) is 0 Å². The highest BCUT2D eigenvalue weighted by molar-refractivity contribution is 7.15. The minimum Gasteiger partial charge on any atom is -0.495 e. The lowest BCUT2D eigenvalue weighted by Gasteiger charge is -1.99. The van der Waals surface area contributed by atoms with E-state index in [9.17, 15) is 4.79 Å². The van der Waals surface area contributed by atoms with E-state index in [1.165, 1.54) is 11.3 Å². The molecule has 0 unspecified atom stereocenters. The zero-order chi connectivity index (χ0) is 11.8. The van der Waals surface area contributed by atoms with E-state index in [0.29, 0.717) is 5.57 Å². The molecule has 0 fully saturated rings. The summed E-state index contributed by atoms with van der Waals surface area (Å²) in [4.78, 5) is 14.8. The van der Waals surface area contributed by atoms with E-state index in [4.69, 9.17) is 4.74 Å². The molecule has 0 spiro atoms. The molecule has 17 heavy (non-hydrogen) atoms. The molecule has 0 atom stereocenters. The van der Waals surface area contributed by atoms with Crippen LogP contribution in [-0.4, -0.2) is 18.0 Å². The van der Waals surface area contributed by atoms with E-state index in [2.05, 4.69) is 10.3 Å². The number of fused-ring (bicyclic) bond motifs is 1. The lowest BCUT2D eigenvalue weighted by molar-refractivity contribution is -0.110. The number of aromatic nitrogens is 1. The van der Waals surface area contributed by atoms with Crippen molar-refractivity contribution in [2.24, 2.45) is 0 Å². The van der Waals surface area contributed by atoms with Crippen LogP contribution >= 0.6 is 11.3 Å². The molecule has 4 nitrogen and oxygen atoms in total. The molecule has 0 aliphatic carbocycles. The molecule has 2 N–H and O–H groups in total. The fourth-order valence-electron chi connectivity index (χ4n) is 1.86. The quantitative estimate of drug-likeness (QED) is 0.800. The number of thiophene rings is 1. The molecule has 0 bridgehead atoms. The van der Waals surface area contributed by atoms with Gasteiger partial charge in [0.15, 0.2) is 0 Å². The molecule has 5 heteroatoms. The summed E-state index contributed by atoms with van der Waals surface area (Å²) in [5, 5.41) is 5.71. The molecular formula is C12H10N2O2S. The number of amides is 1. The zero-order valence-electron chi connectivity index (χ0n) is 9.11. The summed E-state index contributed by atoms with van der Waals surface area (Å²) in [6.45, 7) is 0. The monoisotopic (exact) mass is 246 g/mol. The van der Waals surface area contributed by atoms with E-state index in [1.807, 2.05) is 23.6 Å². The number of hydrogen-bond donors (Lipinski definition) is 2. The molecule has 3 heterocycles. The first-order valence-electron chi connectivity index (χ1n) is 5.12. The molecule has 3 rings (SSSR count). The van der Waals surface area contributed by atoms with Crippen molar-refractivity contribution in [2.45, 2.75) is 0 Å². The number of H-pyrrole nitrogens is 1. The van der Waals surface area contributed by atoms with E-state index < -0.39 is 0 Å². The second-order valence-corrected chi connectivity index (χ2v) is 4.55. The largest absolute Gasteiger partial charge is 0.495 e. The molecule has 1 aliphatic rings. The maximum Gasteiger partial charge on any atom is 0.257 e. The van der Waals surface area contributed by atoms with Crippen LogP contribution in [-0.2, 0) is 4.79 Å². The van der Waals surface area contributed by atoms with Crippen LogP contribution in [0.15, 0.2) is 23.7 Å². The van der Waals surface area contributed by atoms with Crippen molar-refractivity contribution < 1.29 is 9.53 Å². The Hall–Kier alpha value is -2.01. The molecule has 2 aromatic heterocycles. The summed E-state index contributed by atoms with van der Waals surface area (Å²) >= 11 is 1.53. The third-order valence-corrected chi connectivity index (χ3v) is 3.50. The van der Waals surface area contributed by atoms with Gasteiger partial charge in [-0.05, 0) is 23.6 Å². The highest BCUT2D eigenvalue weighted by atomic mass is 32.1. The van der Waals surface area contributed by atoms with Crippen LogP contribution in [0.2, 0.25) is 0 Å². The lowest BCUT2D eigenvalue weighted by atomic mass is 10.1. The Morgan fingerprint density at radius 2 is 2.29 bits per heavy atom. The zero-order valence-corrected chi connectivity index (χ0v) is 9.93. The number of anilines is 1. The molecule has 2 aromatic rings. The van der Waals surface area contributed by atoms with Gasteiger partial charge in [0.2, 0.25) is 0 Å². The van der Waals surface area contributed by atoms with Crippen molar-refractivity contribution in [3.63, 3.8) is 0 Å². The number of hydrogen-bond acceptors (Lipinski definition) is 3. The van der Waals surface area contributed by atoms with Crippen molar-refractivity contribution in [1.29, 1.82) is 0 Å². The SMILES string of the molecule is COc1cc[nH]c1C=C1C(=O)Nc2sccc21. The standard InChI is InChI=1S/C12H10N2O2S/c1-16-10-2-4-13-9(10)6-8-7-3-5-17-12(7)14-11(8)15/h2-6,13H,1H3,(H,14,15). The second kappa shape index (κ2) is 3.78. The van der Waals surface area contributed by atoms with Crippen molar-refractivity contribution in [3.05, 3.63) is 35.0 Å². The first-order chi connectivity index (χ1) is 8.29. The van der Waals surface area contributed by atoms with Gasteiger partial charge in [-0.25, -0.2) is 0 Å². The van der Waals surface area contributed by atoms with Gasteiger partial charge in [-0.3, -0.25) is 4.79 Å². The van der Waals surface area contributed by atoms with Gasteiger partial charge in [-0.1, -0.05) is 0 Å². The van der Waals surface area contributed by atoms with E-state index >= 15 is 0 Å². The predicted octanol–water partition coefficient (Wildman–Crippen LogP) is 2.58. The third kappa shape index (κ3) is 1.55. The van der Waals surface area contributed by atoms with Crippen LogP contribution in [0.4, 0.5) is 5.00 Å². The average molecular weight is 246 g/mol. The van der Waals surface area contributed by atoms with Crippen molar-refractivity contribution >= 4 is 33.9 Å². The lowest BCUT2D eigenvalue weighted by Crippen LogP contribution is -2.03. The Bertz CT molecular complexity index is 610. The number of carbonyl (C=O) groups is 1. The topological polar surface area (TPSA) is 54.1 Å². The summed E-state index contributed by atoms with van der Waals surface area (Å²) < 4.78 is 5.20. The number of rotatable bonds is 2. The van der Waals surface area contributed by atoms with Gasteiger partial charge >= 0.3 is 0 Å². The van der Waals surface area contributed by atoms with Gasteiger partial charge in [-0.15, -0.1) is 11.3 Å². The number of aromatic amines is 1. The maximum atomic E-state index is 11.8. The van der Waals surface area contributed by atoms with Crippen LogP contribution < -0.4 is 10.1 Å². The summed E-state index contributed by atoms with van der Waals surface area (Å²) in [6.07, 6.45) is 3.60. The number of methoxy groups -OCH3 is 1. The smallest absolute Gasteiger partial charge is 0.257 e. The fraction of sp³-hybridized carbons (Fsp3) is 0.0833. The Morgan fingerprint density at radius 1 is 1.41 bits per heavy atom. The Labute approximate surface area is 102 Å². The molecular weight excluding hydrogens is 236 g/mol. The summed E-state index contributed by atoms with van der Waals surface area (Å²) in [5.41, 5.74) is 2.43. The van der Waals surface area contributed by atoms with E-state index in [0.717, 1.165) is 22.0 Å². The Balaban J connectivity index is 2.08. The summed E-state index contributed by atoms with van der Waals surface area (Å²) in [7, 11) is 1.61. The highest BCUT2D eigenvalue weighted by Crippen LogP contribution is 2.37. The Kier molecular flexibility index (Phi) is 2.26. The maximum absolute atomic E-state index is 11.8. The molecule has 0 saturated carbocycles. The minimum atomic E-state index is -0.0662. The van der Waals surface area contributed by atoms with Crippen LogP contribution in [0.25, 0.3) is 11.6 Å². The number of carbonyl (C=O) groups excluding carboxylic acids is 1. The average Bonchev–Trinajstić information content (AvgIpc) is 2.98. The third-order valence-electron chi connectivity index (χ3n) is 2.67.